The van der Waals surface area contributed by atoms with E-state index in [9.17, 15) is 9.59 Å². The molecule has 0 bridgehead atoms. The zero-order chi connectivity index (χ0) is 25.7. The lowest BCUT2D eigenvalue weighted by Crippen LogP contribution is -2.29. The van der Waals surface area contributed by atoms with E-state index < -0.39 is 11.9 Å². The molecule has 0 saturated heterocycles. The van der Waals surface area contributed by atoms with Gasteiger partial charge in [0.2, 0.25) is 5.76 Å². The number of halogens is 1. The molecule has 7 nitrogen and oxygen atoms in total. The normalized spacial score (nSPS) is 15.1. The number of hydrogen-bond acceptors (Lipinski definition) is 7. The van der Waals surface area contributed by atoms with Crippen LogP contribution in [0.4, 0.5) is 5.13 Å². The molecule has 4 aromatic rings. The maximum atomic E-state index is 13.8. The van der Waals surface area contributed by atoms with Gasteiger partial charge in [0.1, 0.15) is 5.58 Å². The lowest BCUT2D eigenvalue weighted by atomic mass is 9.98. The fourth-order valence-electron chi connectivity index (χ4n) is 4.25. The largest absolute Gasteiger partial charge is 0.493 e. The molecule has 1 aliphatic heterocycles. The predicted octanol–water partition coefficient (Wildman–Crippen LogP) is 6.42. The fraction of sp³-hybridized carbons (Fsp3) is 0.296. The summed E-state index contributed by atoms with van der Waals surface area (Å²) in [6.07, 6.45) is 0. The zero-order valence-corrected chi connectivity index (χ0v) is 23.0. The average molecular weight is 569 g/mol. The van der Waals surface area contributed by atoms with Crippen LogP contribution >= 0.6 is 27.3 Å². The van der Waals surface area contributed by atoms with Crippen molar-refractivity contribution in [3.05, 3.63) is 78.6 Å². The molecular formula is C27H25BrN2O5S. The van der Waals surface area contributed by atoms with Crippen molar-refractivity contribution in [2.45, 2.75) is 33.7 Å². The molecule has 2 aromatic heterocycles. The fourth-order valence-corrected chi connectivity index (χ4v) is 5.54. The van der Waals surface area contributed by atoms with Crippen LogP contribution < -0.4 is 19.8 Å². The standard InChI is InChI=1S/C27H25BrN2O5S/c1-13(2)12-34-20-8-6-16(10-21(20)33-5)23-22-24(31)18-11-17(28)7-9-19(18)35-25(22)26(32)30(23)27-29-14(3)15(4)36-27/h6-11,13,23H,12H2,1-5H3. The molecule has 1 aliphatic rings. The smallest absolute Gasteiger partial charge is 0.297 e. The Labute approximate surface area is 220 Å². The number of carbonyl (C=O) groups excluding carboxylic acids is 1. The van der Waals surface area contributed by atoms with E-state index in [0.717, 1.165) is 15.0 Å². The Morgan fingerprint density at radius 1 is 1.14 bits per heavy atom. The third-order valence-corrected chi connectivity index (χ3v) is 7.70. The number of rotatable bonds is 6. The molecule has 0 N–H and O–H groups in total. The molecule has 186 valence electrons. The minimum Gasteiger partial charge on any atom is -0.493 e. The van der Waals surface area contributed by atoms with Gasteiger partial charge in [-0.25, -0.2) is 4.98 Å². The summed E-state index contributed by atoms with van der Waals surface area (Å²) in [5, 5.41) is 0.910. The summed E-state index contributed by atoms with van der Waals surface area (Å²) in [7, 11) is 1.57. The second kappa shape index (κ2) is 9.37. The summed E-state index contributed by atoms with van der Waals surface area (Å²) >= 11 is 4.84. The Kier molecular flexibility index (Phi) is 6.38. The molecule has 3 heterocycles. The summed E-state index contributed by atoms with van der Waals surface area (Å²) in [6.45, 7) is 8.53. The van der Waals surface area contributed by atoms with Crippen molar-refractivity contribution in [2.75, 3.05) is 18.6 Å². The summed E-state index contributed by atoms with van der Waals surface area (Å²) in [4.78, 5) is 34.8. The van der Waals surface area contributed by atoms with Crippen LogP contribution in [-0.4, -0.2) is 24.6 Å². The van der Waals surface area contributed by atoms with E-state index in [1.807, 2.05) is 32.0 Å². The number of fused-ring (bicyclic) bond motifs is 2. The van der Waals surface area contributed by atoms with Crippen molar-refractivity contribution in [1.82, 2.24) is 4.98 Å². The van der Waals surface area contributed by atoms with Gasteiger partial charge >= 0.3 is 0 Å². The quantitative estimate of drug-likeness (QED) is 0.267. The Morgan fingerprint density at radius 2 is 1.92 bits per heavy atom. The summed E-state index contributed by atoms with van der Waals surface area (Å²) in [5.74, 6) is 1.10. The van der Waals surface area contributed by atoms with Gasteiger partial charge in [0, 0.05) is 9.35 Å². The molecule has 0 saturated carbocycles. The summed E-state index contributed by atoms with van der Waals surface area (Å²) in [6, 6.07) is 9.93. The first kappa shape index (κ1) is 24.5. The molecule has 1 unspecified atom stereocenters. The Hall–Kier alpha value is -3.17. The third kappa shape index (κ3) is 4.10. The molecular weight excluding hydrogens is 544 g/mol. The molecule has 0 radical (unpaired) electrons. The molecule has 0 spiro atoms. The number of methoxy groups -OCH3 is 1. The molecule has 2 aromatic carbocycles. The zero-order valence-electron chi connectivity index (χ0n) is 20.5. The predicted molar refractivity (Wildman–Crippen MR) is 144 cm³/mol. The van der Waals surface area contributed by atoms with E-state index in [2.05, 4.69) is 34.8 Å². The molecule has 1 amide bonds. The van der Waals surface area contributed by atoms with Gasteiger partial charge in [0.05, 0.1) is 36.4 Å². The van der Waals surface area contributed by atoms with Gasteiger partial charge in [0.15, 0.2) is 22.1 Å². The highest BCUT2D eigenvalue weighted by atomic mass is 79.9. The number of amides is 1. The van der Waals surface area contributed by atoms with Gasteiger partial charge in [-0.15, -0.1) is 11.3 Å². The van der Waals surface area contributed by atoms with E-state index in [0.29, 0.717) is 45.7 Å². The lowest BCUT2D eigenvalue weighted by molar-refractivity contribution is 0.0971. The summed E-state index contributed by atoms with van der Waals surface area (Å²) in [5.41, 5.74) is 1.92. The molecule has 5 rings (SSSR count). The lowest BCUT2D eigenvalue weighted by Gasteiger charge is -2.23. The SMILES string of the molecule is COc1cc(C2c3c(oc4ccc(Br)cc4c3=O)C(=O)N2c2nc(C)c(C)s2)ccc1OCC(C)C. The number of anilines is 1. The van der Waals surface area contributed by atoms with Crippen LogP contribution in [0.15, 0.2) is 50.1 Å². The minimum absolute atomic E-state index is 0.0319. The number of aryl methyl sites for hydroxylation is 2. The van der Waals surface area contributed by atoms with Crippen molar-refractivity contribution in [3.63, 3.8) is 0 Å². The Morgan fingerprint density at radius 3 is 2.58 bits per heavy atom. The van der Waals surface area contributed by atoms with Gasteiger partial charge in [-0.05, 0) is 55.7 Å². The van der Waals surface area contributed by atoms with Crippen LogP contribution in [-0.2, 0) is 0 Å². The number of ether oxygens (including phenoxy) is 2. The van der Waals surface area contributed by atoms with Gasteiger partial charge in [-0.2, -0.15) is 0 Å². The van der Waals surface area contributed by atoms with Crippen LogP contribution in [0, 0.1) is 19.8 Å². The van der Waals surface area contributed by atoms with Gasteiger partial charge < -0.3 is 13.9 Å². The molecule has 9 heteroatoms. The highest BCUT2D eigenvalue weighted by Crippen LogP contribution is 2.44. The van der Waals surface area contributed by atoms with Gasteiger partial charge in [-0.3, -0.25) is 14.5 Å². The number of nitrogens with zero attached hydrogens (tertiary/aromatic N) is 2. The minimum atomic E-state index is -0.731. The highest BCUT2D eigenvalue weighted by molar-refractivity contribution is 9.10. The monoisotopic (exact) mass is 568 g/mol. The van der Waals surface area contributed by atoms with E-state index in [1.165, 1.54) is 11.3 Å². The van der Waals surface area contributed by atoms with Crippen molar-refractivity contribution in [2.24, 2.45) is 5.92 Å². The van der Waals surface area contributed by atoms with Gasteiger partial charge in [-0.1, -0.05) is 35.8 Å². The molecule has 0 aliphatic carbocycles. The average Bonchev–Trinajstić information content (AvgIpc) is 3.33. The first-order chi connectivity index (χ1) is 17.2. The van der Waals surface area contributed by atoms with E-state index in [4.69, 9.17) is 13.9 Å². The molecule has 0 fully saturated rings. The van der Waals surface area contributed by atoms with Gasteiger partial charge in [0.25, 0.3) is 5.91 Å². The highest BCUT2D eigenvalue weighted by Gasteiger charge is 2.45. The van der Waals surface area contributed by atoms with Crippen molar-refractivity contribution >= 4 is 49.3 Å². The Balaban J connectivity index is 1.74. The number of carbonyl (C=O) groups is 1. The van der Waals surface area contributed by atoms with Crippen molar-refractivity contribution in [1.29, 1.82) is 0 Å². The second-order valence-corrected chi connectivity index (χ2v) is 11.2. The van der Waals surface area contributed by atoms with Crippen LogP contribution in [0.1, 0.15) is 52.1 Å². The number of benzene rings is 2. The topological polar surface area (TPSA) is 81.9 Å². The molecule has 1 atom stereocenters. The van der Waals surface area contributed by atoms with Crippen LogP contribution in [0.2, 0.25) is 0 Å². The first-order valence-corrected chi connectivity index (χ1v) is 13.1. The van der Waals surface area contributed by atoms with Crippen LogP contribution in [0.5, 0.6) is 11.5 Å². The van der Waals surface area contributed by atoms with E-state index in [-0.39, 0.29) is 16.8 Å². The van der Waals surface area contributed by atoms with Crippen molar-refractivity contribution in [3.8, 4) is 11.5 Å². The van der Waals surface area contributed by atoms with Crippen molar-refractivity contribution < 1.29 is 18.7 Å². The van der Waals surface area contributed by atoms with E-state index >= 15 is 0 Å². The third-order valence-electron chi connectivity index (χ3n) is 6.13. The number of aromatic nitrogens is 1. The second-order valence-electron chi connectivity index (χ2n) is 9.15. The number of thiazole rings is 1. The number of hydrogen-bond donors (Lipinski definition) is 0. The summed E-state index contributed by atoms with van der Waals surface area (Å²) < 4.78 is 18.3. The van der Waals surface area contributed by atoms with Crippen LogP contribution in [0.3, 0.4) is 0 Å². The first-order valence-electron chi connectivity index (χ1n) is 11.5. The van der Waals surface area contributed by atoms with E-state index in [1.54, 1.807) is 30.2 Å². The van der Waals surface area contributed by atoms with Crippen LogP contribution in [0.25, 0.3) is 11.0 Å². The Bertz CT molecular complexity index is 1540. The molecule has 36 heavy (non-hydrogen) atoms. The maximum Gasteiger partial charge on any atom is 0.297 e. The maximum absolute atomic E-state index is 13.8.